The van der Waals surface area contributed by atoms with Crippen LogP contribution in [-0.2, 0) is 6.54 Å². The van der Waals surface area contributed by atoms with Crippen LogP contribution < -0.4 is 10.6 Å². The Hall–Kier alpha value is -0.900. The highest BCUT2D eigenvalue weighted by Crippen LogP contribution is 2.18. The minimum Gasteiger partial charge on any atom is -0.394 e. The molecular formula is C13H20N2O. The molecule has 1 fully saturated rings. The zero-order valence-corrected chi connectivity index (χ0v) is 9.58. The van der Waals surface area contributed by atoms with Crippen LogP contribution in [0.2, 0.25) is 0 Å². The average molecular weight is 220 g/mol. The molecule has 0 atom stereocenters. The molecule has 0 amide bonds. The third kappa shape index (κ3) is 2.82. The van der Waals surface area contributed by atoms with Gasteiger partial charge in [-0.1, -0.05) is 30.3 Å². The van der Waals surface area contributed by atoms with Gasteiger partial charge in [0.25, 0.3) is 0 Å². The maximum atomic E-state index is 9.53. The second-order valence-electron chi connectivity index (χ2n) is 4.53. The molecule has 16 heavy (non-hydrogen) atoms. The average Bonchev–Trinajstić information content (AvgIpc) is 2.39. The molecule has 0 unspecified atom stereocenters. The number of nitrogens with one attached hydrogen (secondary N) is 2. The molecule has 0 aliphatic carbocycles. The summed E-state index contributed by atoms with van der Waals surface area (Å²) in [6.07, 6.45) is 1.99. The van der Waals surface area contributed by atoms with E-state index in [2.05, 4.69) is 22.8 Å². The summed E-state index contributed by atoms with van der Waals surface area (Å²) in [6.45, 7) is 3.04. The summed E-state index contributed by atoms with van der Waals surface area (Å²) in [6, 6.07) is 10.3. The fraction of sp³-hybridized carbons (Fsp3) is 0.538. The molecule has 88 valence electrons. The lowest BCUT2D eigenvalue weighted by atomic mass is 9.89. The van der Waals surface area contributed by atoms with Crippen molar-refractivity contribution in [2.75, 3.05) is 19.7 Å². The van der Waals surface area contributed by atoms with E-state index in [9.17, 15) is 5.11 Å². The largest absolute Gasteiger partial charge is 0.394 e. The van der Waals surface area contributed by atoms with E-state index in [0.717, 1.165) is 32.5 Å². The summed E-state index contributed by atoms with van der Waals surface area (Å²) in [7, 11) is 0. The van der Waals surface area contributed by atoms with Crippen molar-refractivity contribution in [2.45, 2.75) is 24.9 Å². The summed E-state index contributed by atoms with van der Waals surface area (Å²) < 4.78 is 0. The van der Waals surface area contributed by atoms with Crippen molar-refractivity contribution in [3.05, 3.63) is 35.9 Å². The maximum Gasteiger partial charge on any atom is 0.0614 e. The maximum absolute atomic E-state index is 9.53. The van der Waals surface area contributed by atoms with Crippen molar-refractivity contribution < 1.29 is 5.11 Å². The molecule has 3 heteroatoms. The molecule has 3 N–H and O–H groups in total. The third-order valence-electron chi connectivity index (χ3n) is 3.37. The Labute approximate surface area is 96.9 Å². The molecule has 0 radical (unpaired) electrons. The SMILES string of the molecule is OCC1(NCc2ccccc2)CCNCC1. The Kier molecular flexibility index (Phi) is 3.93. The van der Waals surface area contributed by atoms with Gasteiger partial charge in [-0.25, -0.2) is 0 Å². The van der Waals surface area contributed by atoms with Gasteiger partial charge in [-0.2, -0.15) is 0 Å². The molecule has 1 saturated heterocycles. The van der Waals surface area contributed by atoms with Crippen molar-refractivity contribution in [1.29, 1.82) is 0 Å². The van der Waals surface area contributed by atoms with Crippen LogP contribution >= 0.6 is 0 Å². The van der Waals surface area contributed by atoms with Crippen LogP contribution in [0.1, 0.15) is 18.4 Å². The van der Waals surface area contributed by atoms with Crippen LogP contribution in [0, 0.1) is 0 Å². The summed E-state index contributed by atoms with van der Waals surface area (Å²) in [5.74, 6) is 0. The Morgan fingerprint density at radius 1 is 1.19 bits per heavy atom. The van der Waals surface area contributed by atoms with Crippen molar-refractivity contribution in [2.24, 2.45) is 0 Å². The lowest BCUT2D eigenvalue weighted by molar-refractivity contribution is 0.126. The Balaban J connectivity index is 1.92. The van der Waals surface area contributed by atoms with Gasteiger partial charge in [-0.3, -0.25) is 0 Å². The Morgan fingerprint density at radius 3 is 2.50 bits per heavy atom. The molecule has 1 aliphatic heterocycles. The van der Waals surface area contributed by atoms with Gasteiger partial charge in [0.15, 0.2) is 0 Å². The van der Waals surface area contributed by atoms with Crippen LogP contribution in [-0.4, -0.2) is 30.3 Å². The number of benzene rings is 1. The second-order valence-corrected chi connectivity index (χ2v) is 4.53. The van der Waals surface area contributed by atoms with Crippen LogP contribution in [0.3, 0.4) is 0 Å². The molecule has 0 bridgehead atoms. The first-order chi connectivity index (χ1) is 7.85. The minimum atomic E-state index is -0.0823. The Bertz CT molecular complexity index is 307. The monoisotopic (exact) mass is 220 g/mol. The summed E-state index contributed by atoms with van der Waals surface area (Å²) in [5, 5.41) is 16.4. The van der Waals surface area contributed by atoms with E-state index in [4.69, 9.17) is 0 Å². The zero-order chi connectivity index (χ0) is 11.3. The van der Waals surface area contributed by atoms with E-state index in [-0.39, 0.29) is 12.1 Å². The van der Waals surface area contributed by atoms with Crippen LogP contribution in [0.15, 0.2) is 30.3 Å². The smallest absolute Gasteiger partial charge is 0.0614 e. The van der Waals surface area contributed by atoms with Crippen LogP contribution in [0.5, 0.6) is 0 Å². The highest BCUT2D eigenvalue weighted by atomic mass is 16.3. The summed E-state index contributed by atoms with van der Waals surface area (Å²) >= 11 is 0. The number of aliphatic hydroxyl groups is 1. The first-order valence-electron chi connectivity index (χ1n) is 5.95. The van der Waals surface area contributed by atoms with Gasteiger partial charge >= 0.3 is 0 Å². The molecule has 0 saturated carbocycles. The first kappa shape index (κ1) is 11.6. The normalized spacial score (nSPS) is 19.6. The van der Waals surface area contributed by atoms with Crippen molar-refractivity contribution in [1.82, 2.24) is 10.6 Å². The molecule has 1 heterocycles. The standard InChI is InChI=1S/C13H20N2O/c16-11-13(6-8-14-9-7-13)15-10-12-4-2-1-3-5-12/h1-5,14-16H,6-11H2. The number of piperidine rings is 1. The molecular weight excluding hydrogens is 200 g/mol. The lowest BCUT2D eigenvalue weighted by Gasteiger charge is -2.37. The fourth-order valence-electron chi connectivity index (χ4n) is 2.18. The second kappa shape index (κ2) is 5.43. The van der Waals surface area contributed by atoms with Gasteiger partial charge in [0.2, 0.25) is 0 Å². The van der Waals surface area contributed by atoms with Gasteiger partial charge in [-0.05, 0) is 31.5 Å². The summed E-state index contributed by atoms with van der Waals surface area (Å²) in [4.78, 5) is 0. The third-order valence-corrected chi connectivity index (χ3v) is 3.37. The number of hydrogen-bond donors (Lipinski definition) is 3. The van der Waals surface area contributed by atoms with Gasteiger partial charge in [0.1, 0.15) is 0 Å². The molecule has 2 rings (SSSR count). The minimum absolute atomic E-state index is 0.0823. The van der Waals surface area contributed by atoms with E-state index in [0.29, 0.717) is 0 Å². The van der Waals surface area contributed by atoms with Gasteiger partial charge in [0.05, 0.1) is 6.61 Å². The number of hydrogen-bond acceptors (Lipinski definition) is 3. The lowest BCUT2D eigenvalue weighted by Crippen LogP contribution is -2.54. The molecule has 0 aromatic heterocycles. The van der Waals surface area contributed by atoms with Crippen molar-refractivity contribution in [3.63, 3.8) is 0 Å². The van der Waals surface area contributed by atoms with E-state index >= 15 is 0 Å². The van der Waals surface area contributed by atoms with Crippen molar-refractivity contribution >= 4 is 0 Å². The quantitative estimate of drug-likeness (QED) is 0.706. The topological polar surface area (TPSA) is 44.3 Å². The zero-order valence-electron chi connectivity index (χ0n) is 9.58. The molecule has 1 aliphatic rings. The summed E-state index contributed by atoms with van der Waals surface area (Å²) in [5.41, 5.74) is 1.19. The highest BCUT2D eigenvalue weighted by Gasteiger charge is 2.30. The Morgan fingerprint density at radius 2 is 1.88 bits per heavy atom. The first-order valence-corrected chi connectivity index (χ1v) is 5.95. The molecule has 1 aromatic rings. The number of rotatable bonds is 4. The van der Waals surface area contributed by atoms with Crippen molar-refractivity contribution in [3.8, 4) is 0 Å². The van der Waals surface area contributed by atoms with Crippen LogP contribution in [0.4, 0.5) is 0 Å². The van der Waals surface area contributed by atoms with E-state index in [1.54, 1.807) is 0 Å². The molecule has 0 spiro atoms. The van der Waals surface area contributed by atoms with Gasteiger partial charge in [-0.15, -0.1) is 0 Å². The fourth-order valence-corrected chi connectivity index (χ4v) is 2.18. The van der Waals surface area contributed by atoms with Gasteiger partial charge < -0.3 is 15.7 Å². The van der Waals surface area contributed by atoms with Crippen LogP contribution in [0.25, 0.3) is 0 Å². The van der Waals surface area contributed by atoms with Gasteiger partial charge in [0, 0.05) is 12.1 Å². The predicted octanol–water partition coefficient (Wildman–Crippen LogP) is 0.891. The number of aliphatic hydroxyl groups excluding tert-OH is 1. The molecule has 3 nitrogen and oxygen atoms in total. The molecule has 1 aromatic carbocycles. The van der Waals surface area contributed by atoms with E-state index in [1.807, 2.05) is 18.2 Å². The highest BCUT2D eigenvalue weighted by molar-refractivity contribution is 5.14. The predicted molar refractivity (Wildman–Crippen MR) is 65.2 cm³/mol. The van der Waals surface area contributed by atoms with E-state index in [1.165, 1.54) is 5.56 Å². The van der Waals surface area contributed by atoms with E-state index < -0.39 is 0 Å².